The maximum Gasteiger partial charge on any atom is 0.259 e. The molecule has 27 heavy (non-hydrogen) atoms. The first-order chi connectivity index (χ1) is 13.2. The van der Waals surface area contributed by atoms with Crippen LogP contribution in [0.2, 0.25) is 0 Å². The molecule has 0 unspecified atom stereocenters. The molecule has 0 radical (unpaired) electrons. The topological polar surface area (TPSA) is 91.5 Å². The number of H-pyrrole nitrogens is 2. The number of aromatic nitrogens is 4. The SMILES string of the molecule is O=c1[nH]c(-c2ccc(-c3nc4ccccc4c(=O)[nH]3)s2)nc2ccccc12. The quantitative estimate of drug-likeness (QED) is 0.496. The molecule has 0 spiro atoms. The lowest BCUT2D eigenvalue weighted by atomic mass is 10.2. The molecule has 0 aliphatic carbocycles. The zero-order valence-corrected chi connectivity index (χ0v) is 14.7. The first kappa shape index (κ1) is 15.7. The highest BCUT2D eigenvalue weighted by Crippen LogP contribution is 2.31. The minimum atomic E-state index is -0.178. The maximum atomic E-state index is 12.3. The molecule has 5 rings (SSSR count). The molecule has 3 heterocycles. The van der Waals surface area contributed by atoms with Gasteiger partial charge in [-0.1, -0.05) is 24.3 Å². The molecule has 130 valence electrons. The van der Waals surface area contributed by atoms with Crippen LogP contribution in [0.4, 0.5) is 0 Å². The largest absolute Gasteiger partial charge is 0.305 e. The monoisotopic (exact) mass is 372 g/mol. The number of rotatable bonds is 2. The molecular formula is C20H12N4O2S. The van der Waals surface area contributed by atoms with Crippen LogP contribution in [-0.4, -0.2) is 19.9 Å². The van der Waals surface area contributed by atoms with Crippen LogP contribution in [0.15, 0.2) is 70.3 Å². The minimum absolute atomic E-state index is 0.178. The van der Waals surface area contributed by atoms with Crippen molar-refractivity contribution < 1.29 is 0 Å². The number of nitrogens with zero attached hydrogens (tertiary/aromatic N) is 2. The third-order valence-electron chi connectivity index (χ3n) is 4.30. The average Bonchev–Trinajstić information content (AvgIpc) is 3.18. The van der Waals surface area contributed by atoms with Gasteiger partial charge in [0.25, 0.3) is 11.1 Å². The number of benzene rings is 2. The van der Waals surface area contributed by atoms with Crippen LogP contribution in [0.25, 0.3) is 43.2 Å². The Morgan fingerprint density at radius 1 is 0.630 bits per heavy atom. The molecule has 0 atom stereocenters. The number of fused-ring (bicyclic) bond motifs is 2. The van der Waals surface area contributed by atoms with E-state index in [4.69, 9.17) is 0 Å². The van der Waals surface area contributed by atoms with E-state index in [-0.39, 0.29) is 11.1 Å². The molecule has 0 aliphatic rings. The Morgan fingerprint density at radius 2 is 1.07 bits per heavy atom. The van der Waals surface area contributed by atoms with Crippen molar-refractivity contribution in [3.05, 3.63) is 81.4 Å². The molecule has 6 nitrogen and oxygen atoms in total. The normalized spacial score (nSPS) is 11.3. The summed E-state index contributed by atoms with van der Waals surface area (Å²) in [6.07, 6.45) is 0. The van der Waals surface area contributed by atoms with E-state index in [2.05, 4.69) is 19.9 Å². The lowest BCUT2D eigenvalue weighted by molar-refractivity contribution is 1.19. The van der Waals surface area contributed by atoms with Crippen LogP contribution < -0.4 is 11.1 Å². The first-order valence-corrected chi connectivity index (χ1v) is 9.09. The fourth-order valence-corrected chi connectivity index (χ4v) is 3.89. The van der Waals surface area contributed by atoms with E-state index in [0.29, 0.717) is 33.5 Å². The number of aromatic amines is 2. The lowest BCUT2D eigenvalue weighted by Crippen LogP contribution is -2.09. The Morgan fingerprint density at radius 3 is 1.56 bits per heavy atom. The summed E-state index contributed by atoms with van der Waals surface area (Å²) in [5.41, 5.74) is 0.928. The third kappa shape index (κ3) is 2.65. The molecule has 0 saturated heterocycles. The van der Waals surface area contributed by atoms with Gasteiger partial charge in [-0.3, -0.25) is 9.59 Å². The Kier molecular flexibility index (Phi) is 3.48. The van der Waals surface area contributed by atoms with Crippen molar-refractivity contribution >= 4 is 33.1 Å². The number of para-hydroxylation sites is 2. The van der Waals surface area contributed by atoms with Gasteiger partial charge in [-0.15, -0.1) is 11.3 Å². The highest BCUT2D eigenvalue weighted by Gasteiger charge is 2.12. The molecule has 2 N–H and O–H groups in total. The van der Waals surface area contributed by atoms with E-state index in [0.717, 1.165) is 9.75 Å². The van der Waals surface area contributed by atoms with Crippen LogP contribution in [-0.2, 0) is 0 Å². The smallest absolute Gasteiger partial charge is 0.259 e. The summed E-state index contributed by atoms with van der Waals surface area (Å²) < 4.78 is 0. The summed E-state index contributed by atoms with van der Waals surface area (Å²) >= 11 is 1.41. The van der Waals surface area contributed by atoms with Crippen LogP contribution >= 0.6 is 11.3 Å². The standard InChI is InChI=1S/C20H12N4O2S/c25-19-11-5-1-3-7-13(11)21-17(23-19)15-9-10-16(27-15)18-22-14-8-4-2-6-12(14)20(26)24-18/h1-10H,(H,21,23,25)(H,22,24,26). The van der Waals surface area contributed by atoms with Crippen molar-refractivity contribution in [3.63, 3.8) is 0 Å². The van der Waals surface area contributed by atoms with Gasteiger partial charge in [-0.2, -0.15) is 0 Å². The Balaban J connectivity index is 1.63. The van der Waals surface area contributed by atoms with Gasteiger partial charge >= 0.3 is 0 Å². The number of thiophene rings is 1. The van der Waals surface area contributed by atoms with Crippen LogP contribution in [0.3, 0.4) is 0 Å². The van der Waals surface area contributed by atoms with Gasteiger partial charge in [0.05, 0.1) is 31.6 Å². The van der Waals surface area contributed by atoms with Gasteiger partial charge in [0.15, 0.2) is 11.6 Å². The van der Waals surface area contributed by atoms with Gasteiger partial charge < -0.3 is 9.97 Å². The molecule has 3 aromatic heterocycles. The first-order valence-electron chi connectivity index (χ1n) is 8.28. The predicted octanol–water partition coefficient (Wildman–Crippen LogP) is 3.56. The highest BCUT2D eigenvalue weighted by molar-refractivity contribution is 7.18. The maximum absolute atomic E-state index is 12.3. The molecule has 5 aromatic rings. The summed E-state index contributed by atoms with van der Waals surface area (Å²) in [5.74, 6) is 0.996. The summed E-state index contributed by atoms with van der Waals surface area (Å²) in [5, 5.41) is 1.11. The van der Waals surface area contributed by atoms with Crippen molar-refractivity contribution in [3.8, 4) is 21.4 Å². The summed E-state index contributed by atoms with van der Waals surface area (Å²) in [7, 11) is 0. The second kappa shape index (κ2) is 6.00. The van der Waals surface area contributed by atoms with Crippen LogP contribution in [0.1, 0.15) is 0 Å². The van der Waals surface area contributed by atoms with E-state index in [1.807, 2.05) is 48.5 Å². The van der Waals surface area contributed by atoms with Crippen LogP contribution in [0, 0.1) is 0 Å². The molecule has 0 aliphatic heterocycles. The van der Waals surface area contributed by atoms with Crippen molar-refractivity contribution in [1.82, 2.24) is 19.9 Å². The van der Waals surface area contributed by atoms with Gasteiger partial charge in [0.1, 0.15) is 0 Å². The molecule has 0 bridgehead atoms. The van der Waals surface area contributed by atoms with E-state index in [1.165, 1.54) is 11.3 Å². The number of hydrogen-bond donors (Lipinski definition) is 2. The second-order valence-corrected chi connectivity index (χ2v) is 7.11. The van der Waals surface area contributed by atoms with Crippen LogP contribution in [0.5, 0.6) is 0 Å². The molecule has 0 saturated carbocycles. The van der Waals surface area contributed by atoms with Gasteiger partial charge in [0.2, 0.25) is 0 Å². The summed E-state index contributed by atoms with van der Waals surface area (Å²) in [4.78, 5) is 40.9. The Labute approximate surface area is 156 Å². The highest BCUT2D eigenvalue weighted by atomic mass is 32.1. The molecule has 7 heteroatoms. The van der Waals surface area contributed by atoms with E-state index in [1.54, 1.807) is 12.1 Å². The fourth-order valence-electron chi connectivity index (χ4n) is 3.00. The number of hydrogen-bond acceptors (Lipinski definition) is 5. The average molecular weight is 372 g/mol. The Hall–Kier alpha value is -3.58. The van der Waals surface area contributed by atoms with Gasteiger partial charge in [-0.25, -0.2) is 9.97 Å². The minimum Gasteiger partial charge on any atom is -0.305 e. The van der Waals surface area contributed by atoms with E-state index < -0.39 is 0 Å². The van der Waals surface area contributed by atoms with E-state index in [9.17, 15) is 9.59 Å². The number of nitrogens with one attached hydrogen (secondary N) is 2. The van der Waals surface area contributed by atoms with Gasteiger partial charge in [0, 0.05) is 0 Å². The van der Waals surface area contributed by atoms with Gasteiger partial charge in [-0.05, 0) is 36.4 Å². The lowest BCUT2D eigenvalue weighted by Gasteiger charge is -2.01. The predicted molar refractivity (Wildman–Crippen MR) is 107 cm³/mol. The van der Waals surface area contributed by atoms with Crippen molar-refractivity contribution in [2.75, 3.05) is 0 Å². The van der Waals surface area contributed by atoms with Crippen molar-refractivity contribution in [2.45, 2.75) is 0 Å². The summed E-state index contributed by atoms with van der Waals surface area (Å²) in [6, 6.07) is 18.2. The zero-order chi connectivity index (χ0) is 18.4. The zero-order valence-electron chi connectivity index (χ0n) is 13.9. The van der Waals surface area contributed by atoms with Crippen molar-refractivity contribution in [1.29, 1.82) is 0 Å². The van der Waals surface area contributed by atoms with Crippen molar-refractivity contribution in [2.24, 2.45) is 0 Å². The molecule has 0 amide bonds. The molecular weight excluding hydrogens is 360 g/mol. The molecule has 2 aromatic carbocycles. The third-order valence-corrected chi connectivity index (χ3v) is 5.40. The summed E-state index contributed by atoms with van der Waals surface area (Å²) in [6.45, 7) is 0. The van der Waals surface area contributed by atoms with E-state index >= 15 is 0 Å². The fraction of sp³-hybridized carbons (Fsp3) is 0. The second-order valence-electron chi connectivity index (χ2n) is 6.03. The molecule has 0 fully saturated rings. The Bertz CT molecular complexity index is 1320.